The minimum atomic E-state index is -1.04. The van der Waals surface area contributed by atoms with Crippen LogP contribution in [0.25, 0.3) is 0 Å². The van der Waals surface area contributed by atoms with E-state index in [4.69, 9.17) is 9.63 Å². The lowest BCUT2D eigenvalue weighted by Crippen LogP contribution is -2.24. The van der Waals surface area contributed by atoms with Gasteiger partial charge in [0.1, 0.15) is 11.1 Å². The molecule has 2 aromatic heterocycles. The van der Waals surface area contributed by atoms with Crippen molar-refractivity contribution < 1.29 is 19.2 Å². The number of carbonyl (C=O) groups is 2. The molecule has 8 heteroatoms. The molecule has 2 rings (SSSR count). The first-order valence-electron chi connectivity index (χ1n) is 5.05. The largest absolute Gasteiger partial charge is 0.477 e. The van der Waals surface area contributed by atoms with Crippen molar-refractivity contribution in [1.82, 2.24) is 10.4 Å². The summed E-state index contributed by atoms with van der Waals surface area (Å²) in [5.41, 5.74) is 0.433. The molecule has 0 fully saturated rings. The van der Waals surface area contributed by atoms with Gasteiger partial charge in [0.2, 0.25) is 5.91 Å². The number of carboxylic acids is 1. The maximum absolute atomic E-state index is 11.9. The van der Waals surface area contributed by atoms with Crippen LogP contribution < -0.4 is 4.90 Å². The van der Waals surface area contributed by atoms with Crippen molar-refractivity contribution in [3.05, 3.63) is 22.5 Å². The van der Waals surface area contributed by atoms with E-state index in [1.54, 1.807) is 12.3 Å². The zero-order valence-electron chi connectivity index (χ0n) is 9.36. The minimum absolute atomic E-state index is 0.145. The molecule has 0 aromatic carbocycles. The van der Waals surface area contributed by atoms with Crippen LogP contribution in [0.15, 0.2) is 22.2 Å². The highest BCUT2D eigenvalue weighted by molar-refractivity contribution is 7.12. The van der Waals surface area contributed by atoms with E-state index in [0.717, 1.165) is 11.3 Å². The van der Waals surface area contributed by atoms with Crippen molar-refractivity contribution in [2.75, 3.05) is 4.90 Å². The molecule has 0 bridgehead atoms. The molecule has 0 atom stereocenters. The molecule has 1 amide bonds. The van der Waals surface area contributed by atoms with Gasteiger partial charge in [-0.05, 0) is 6.07 Å². The lowest BCUT2D eigenvalue weighted by molar-refractivity contribution is -0.117. The monoisotopic (exact) mass is 267 g/mol. The van der Waals surface area contributed by atoms with Crippen LogP contribution in [0.1, 0.15) is 23.0 Å². The highest BCUT2D eigenvalue weighted by Gasteiger charge is 2.22. The quantitative estimate of drug-likeness (QED) is 0.908. The van der Waals surface area contributed by atoms with Gasteiger partial charge < -0.3 is 9.63 Å². The summed E-state index contributed by atoms with van der Waals surface area (Å²) >= 11 is 1.04. The summed E-state index contributed by atoms with van der Waals surface area (Å²) in [6.07, 6.45) is 1.55. The zero-order valence-corrected chi connectivity index (χ0v) is 10.2. The molecule has 0 saturated carbocycles. The van der Waals surface area contributed by atoms with Gasteiger partial charge in [0, 0.05) is 17.1 Å². The Morgan fingerprint density at radius 3 is 2.83 bits per heavy atom. The molecule has 94 valence electrons. The van der Waals surface area contributed by atoms with E-state index in [1.807, 2.05) is 0 Å². The summed E-state index contributed by atoms with van der Waals surface area (Å²) in [5.74, 6) is -1.11. The van der Waals surface area contributed by atoms with Crippen LogP contribution in [0.2, 0.25) is 0 Å². The van der Waals surface area contributed by atoms with Crippen LogP contribution in [0.5, 0.6) is 0 Å². The SMILES string of the molecule is CCC(=O)N(c1csc(C(=O)O)c1)c1cnno1. The lowest BCUT2D eigenvalue weighted by atomic mass is 10.3. The second kappa shape index (κ2) is 4.96. The van der Waals surface area contributed by atoms with Gasteiger partial charge in [-0.15, -0.1) is 16.4 Å². The summed E-state index contributed by atoms with van der Waals surface area (Å²) in [6, 6.07) is 1.41. The van der Waals surface area contributed by atoms with Gasteiger partial charge in [-0.3, -0.25) is 4.79 Å². The van der Waals surface area contributed by atoms with E-state index in [-0.39, 0.29) is 23.1 Å². The first-order valence-corrected chi connectivity index (χ1v) is 5.93. The number of thiophene rings is 1. The van der Waals surface area contributed by atoms with Crippen LogP contribution in [0.3, 0.4) is 0 Å². The smallest absolute Gasteiger partial charge is 0.345 e. The standard InChI is InChI=1S/C10H9N3O4S/c1-2-8(14)13(9-4-11-12-17-9)6-3-7(10(15)16)18-5-6/h3-5H,2H2,1H3,(H,15,16). The van der Waals surface area contributed by atoms with E-state index in [0.29, 0.717) is 5.69 Å². The molecular weight excluding hydrogens is 258 g/mol. The lowest BCUT2D eigenvalue weighted by Gasteiger charge is -2.15. The summed E-state index contributed by atoms with van der Waals surface area (Å²) in [7, 11) is 0. The number of carboxylic acid groups (broad SMARTS) is 1. The summed E-state index contributed by atoms with van der Waals surface area (Å²) in [6.45, 7) is 1.70. The summed E-state index contributed by atoms with van der Waals surface area (Å²) in [5, 5.41) is 17.2. The predicted octanol–water partition coefficient (Wildman–Crippen LogP) is 1.90. The van der Waals surface area contributed by atoms with Crippen LogP contribution in [0, 0.1) is 0 Å². The first kappa shape index (κ1) is 12.2. The molecule has 18 heavy (non-hydrogen) atoms. The molecule has 0 aliphatic heterocycles. The van der Waals surface area contributed by atoms with Crippen LogP contribution in [-0.4, -0.2) is 27.4 Å². The maximum Gasteiger partial charge on any atom is 0.345 e. The Balaban J connectivity index is 2.40. The Morgan fingerprint density at radius 1 is 1.56 bits per heavy atom. The molecule has 0 saturated heterocycles. The average molecular weight is 267 g/mol. The number of hydrogen-bond acceptors (Lipinski definition) is 6. The normalized spacial score (nSPS) is 10.3. The van der Waals surface area contributed by atoms with Crippen molar-refractivity contribution in [2.45, 2.75) is 13.3 Å². The molecule has 0 unspecified atom stereocenters. The predicted molar refractivity (Wildman–Crippen MR) is 63.0 cm³/mol. The van der Waals surface area contributed by atoms with Crippen molar-refractivity contribution in [1.29, 1.82) is 0 Å². The number of amides is 1. The fourth-order valence-corrected chi connectivity index (χ4v) is 2.08. The second-order valence-corrected chi connectivity index (χ2v) is 4.22. The molecule has 0 spiro atoms. The highest BCUT2D eigenvalue weighted by atomic mass is 32.1. The van der Waals surface area contributed by atoms with E-state index < -0.39 is 5.97 Å². The number of rotatable bonds is 4. The molecule has 2 heterocycles. The molecule has 0 aliphatic rings. The van der Waals surface area contributed by atoms with Crippen molar-refractivity contribution in [3.8, 4) is 0 Å². The third kappa shape index (κ3) is 2.23. The topological polar surface area (TPSA) is 96.5 Å². The molecular formula is C10H9N3O4S. The Bertz CT molecular complexity index is 563. The number of aromatic nitrogens is 2. The summed E-state index contributed by atoms with van der Waals surface area (Å²) in [4.78, 5) is 24.1. The van der Waals surface area contributed by atoms with Gasteiger partial charge in [-0.1, -0.05) is 6.92 Å². The minimum Gasteiger partial charge on any atom is -0.477 e. The Morgan fingerprint density at radius 2 is 2.33 bits per heavy atom. The zero-order chi connectivity index (χ0) is 13.1. The maximum atomic E-state index is 11.9. The van der Waals surface area contributed by atoms with E-state index in [9.17, 15) is 9.59 Å². The number of nitrogens with zero attached hydrogens (tertiary/aromatic N) is 3. The molecule has 0 aliphatic carbocycles. The van der Waals surface area contributed by atoms with Crippen LogP contribution in [-0.2, 0) is 4.79 Å². The Kier molecular flexibility index (Phi) is 3.38. The molecule has 1 N–H and O–H groups in total. The van der Waals surface area contributed by atoms with Gasteiger partial charge in [-0.2, -0.15) is 0 Å². The molecule has 2 aromatic rings. The third-order valence-corrected chi connectivity index (χ3v) is 3.08. The number of anilines is 2. The van der Waals surface area contributed by atoms with Crippen LogP contribution >= 0.6 is 11.3 Å². The molecule has 7 nitrogen and oxygen atoms in total. The van der Waals surface area contributed by atoms with Gasteiger partial charge >= 0.3 is 5.97 Å². The highest BCUT2D eigenvalue weighted by Crippen LogP contribution is 2.29. The fraction of sp³-hybridized carbons (Fsp3) is 0.200. The van der Waals surface area contributed by atoms with E-state index in [2.05, 4.69) is 10.4 Å². The van der Waals surface area contributed by atoms with Crippen molar-refractivity contribution in [2.24, 2.45) is 0 Å². The number of hydrogen-bond donors (Lipinski definition) is 1. The van der Waals surface area contributed by atoms with Crippen LogP contribution in [0.4, 0.5) is 11.6 Å². The van der Waals surface area contributed by atoms with Crippen molar-refractivity contribution in [3.63, 3.8) is 0 Å². The summed E-state index contributed by atoms with van der Waals surface area (Å²) < 4.78 is 4.84. The van der Waals surface area contributed by atoms with Gasteiger partial charge in [0.25, 0.3) is 5.88 Å². The Hall–Kier alpha value is -2.22. The van der Waals surface area contributed by atoms with Crippen molar-refractivity contribution >= 4 is 34.8 Å². The van der Waals surface area contributed by atoms with E-state index in [1.165, 1.54) is 17.2 Å². The number of carbonyl (C=O) groups excluding carboxylic acids is 1. The Labute approximate surface area is 106 Å². The third-order valence-electron chi connectivity index (χ3n) is 2.18. The van der Waals surface area contributed by atoms with Gasteiger partial charge in [-0.25, -0.2) is 9.69 Å². The second-order valence-electron chi connectivity index (χ2n) is 3.31. The van der Waals surface area contributed by atoms with E-state index >= 15 is 0 Å². The average Bonchev–Trinajstić information content (AvgIpc) is 3.00. The first-order chi connectivity index (χ1) is 8.63. The van der Waals surface area contributed by atoms with Gasteiger partial charge in [0.05, 0.1) is 5.69 Å². The number of aromatic carboxylic acids is 1. The fourth-order valence-electron chi connectivity index (χ4n) is 1.37. The molecule has 0 radical (unpaired) electrons. The van der Waals surface area contributed by atoms with Gasteiger partial charge in [0.15, 0.2) is 0 Å².